The molecule has 2 saturated heterocycles. The van der Waals surface area contributed by atoms with Crippen molar-refractivity contribution in [3.05, 3.63) is 48.2 Å². The van der Waals surface area contributed by atoms with E-state index in [-0.39, 0.29) is 12.0 Å². The number of amides is 1. The van der Waals surface area contributed by atoms with Crippen LogP contribution in [0.25, 0.3) is 0 Å². The summed E-state index contributed by atoms with van der Waals surface area (Å²) in [6.45, 7) is 4.54. The third-order valence-electron chi connectivity index (χ3n) is 4.76. The first-order valence-corrected chi connectivity index (χ1v) is 8.96. The van der Waals surface area contributed by atoms with Gasteiger partial charge < -0.3 is 19.3 Å². The fraction of sp³-hybridized carbons (Fsp3) is 0.421. The Kier molecular flexibility index (Phi) is 4.97. The van der Waals surface area contributed by atoms with Gasteiger partial charge in [0.2, 0.25) is 5.88 Å². The van der Waals surface area contributed by atoms with Crippen LogP contribution in [0.2, 0.25) is 0 Å². The van der Waals surface area contributed by atoms with Crippen molar-refractivity contribution in [3.63, 3.8) is 0 Å². The van der Waals surface area contributed by atoms with Gasteiger partial charge in [0.25, 0.3) is 5.91 Å². The molecule has 136 valence electrons. The third-order valence-corrected chi connectivity index (χ3v) is 4.76. The van der Waals surface area contributed by atoms with E-state index in [4.69, 9.17) is 9.47 Å². The monoisotopic (exact) mass is 354 g/mol. The van der Waals surface area contributed by atoms with E-state index in [1.54, 1.807) is 18.3 Å². The molecular weight excluding hydrogens is 332 g/mol. The van der Waals surface area contributed by atoms with Crippen LogP contribution < -0.4 is 9.64 Å². The van der Waals surface area contributed by atoms with Crippen molar-refractivity contribution in [1.82, 2.24) is 15.1 Å². The molecule has 1 aromatic carbocycles. The largest absolute Gasteiger partial charge is 0.471 e. The number of ether oxygens (including phenoxy) is 2. The quantitative estimate of drug-likeness (QED) is 0.831. The van der Waals surface area contributed by atoms with Gasteiger partial charge in [0, 0.05) is 49.6 Å². The van der Waals surface area contributed by atoms with Gasteiger partial charge in [-0.2, -0.15) is 5.10 Å². The summed E-state index contributed by atoms with van der Waals surface area (Å²) in [6, 6.07) is 11.4. The van der Waals surface area contributed by atoms with Gasteiger partial charge in [0.15, 0.2) is 0 Å². The number of carbonyl (C=O) groups is 1. The number of benzene rings is 1. The van der Waals surface area contributed by atoms with Gasteiger partial charge in [-0.25, -0.2) is 0 Å². The van der Waals surface area contributed by atoms with Crippen LogP contribution in [0.1, 0.15) is 16.8 Å². The Morgan fingerprint density at radius 3 is 2.65 bits per heavy atom. The molecule has 0 unspecified atom stereocenters. The van der Waals surface area contributed by atoms with Crippen molar-refractivity contribution in [2.24, 2.45) is 0 Å². The molecule has 1 atom stereocenters. The molecule has 2 aliphatic rings. The zero-order chi connectivity index (χ0) is 17.8. The van der Waals surface area contributed by atoms with Crippen LogP contribution in [0, 0.1) is 0 Å². The van der Waals surface area contributed by atoms with E-state index < -0.39 is 0 Å². The second kappa shape index (κ2) is 7.70. The molecule has 2 fully saturated rings. The Bertz CT molecular complexity index is 732. The maximum absolute atomic E-state index is 12.7. The first kappa shape index (κ1) is 16.8. The first-order valence-electron chi connectivity index (χ1n) is 8.96. The van der Waals surface area contributed by atoms with Crippen molar-refractivity contribution >= 4 is 11.6 Å². The second-order valence-electron chi connectivity index (χ2n) is 6.49. The molecule has 0 saturated carbocycles. The third kappa shape index (κ3) is 3.77. The van der Waals surface area contributed by atoms with Gasteiger partial charge in [-0.05, 0) is 30.3 Å². The van der Waals surface area contributed by atoms with Crippen LogP contribution in [0.3, 0.4) is 0 Å². The summed E-state index contributed by atoms with van der Waals surface area (Å²) < 4.78 is 11.2. The number of nitrogens with zero attached hydrogens (tertiary/aromatic N) is 4. The number of hydrogen-bond acceptors (Lipinski definition) is 6. The minimum absolute atomic E-state index is 0.0386. The average molecular weight is 354 g/mol. The molecule has 4 rings (SSSR count). The summed E-state index contributed by atoms with van der Waals surface area (Å²) in [5.41, 5.74) is 1.84. The van der Waals surface area contributed by atoms with E-state index in [9.17, 15) is 4.79 Å². The van der Waals surface area contributed by atoms with E-state index in [0.29, 0.717) is 24.5 Å². The van der Waals surface area contributed by atoms with Gasteiger partial charge >= 0.3 is 0 Å². The van der Waals surface area contributed by atoms with Crippen molar-refractivity contribution in [3.8, 4) is 5.88 Å². The topological polar surface area (TPSA) is 67.8 Å². The zero-order valence-corrected chi connectivity index (χ0v) is 14.6. The molecule has 3 heterocycles. The molecule has 7 heteroatoms. The highest BCUT2D eigenvalue weighted by Crippen LogP contribution is 2.21. The van der Waals surface area contributed by atoms with E-state index in [1.807, 2.05) is 29.2 Å². The van der Waals surface area contributed by atoms with Crippen molar-refractivity contribution in [1.29, 1.82) is 0 Å². The van der Waals surface area contributed by atoms with Crippen LogP contribution in [0.15, 0.2) is 42.6 Å². The molecule has 0 radical (unpaired) electrons. The lowest BCUT2D eigenvalue weighted by atomic mass is 10.1. The van der Waals surface area contributed by atoms with Gasteiger partial charge in [0.1, 0.15) is 6.10 Å². The van der Waals surface area contributed by atoms with Gasteiger partial charge in [-0.15, -0.1) is 5.10 Å². The Morgan fingerprint density at radius 2 is 1.92 bits per heavy atom. The summed E-state index contributed by atoms with van der Waals surface area (Å²) in [5.74, 6) is 0.547. The minimum atomic E-state index is -0.0386. The Hall–Kier alpha value is -2.67. The molecule has 7 nitrogen and oxygen atoms in total. The molecule has 1 aromatic heterocycles. The summed E-state index contributed by atoms with van der Waals surface area (Å²) in [7, 11) is 0. The fourth-order valence-corrected chi connectivity index (χ4v) is 3.35. The number of morpholine rings is 1. The fourth-order valence-electron chi connectivity index (χ4n) is 3.35. The maximum Gasteiger partial charge on any atom is 0.253 e. The lowest BCUT2D eigenvalue weighted by molar-refractivity contribution is 0.0771. The van der Waals surface area contributed by atoms with Gasteiger partial charge in [0.05, 0.1) is 19.8 Å². The Morgan fingerprint density at radius 1 is 1.12 bits per heavy atom. The number of carbonyl (C=O) groups excluding carboxylic acids is 1. The Balaban J connectivity index is 1.35. The molecule has 26 heavy (non-hydrogen) atoms. The number of anilines is 1. The number of aromatic nitrogens is 2. The lowest BCUT2D eigenvalue weighted by Gasteiger charge is -2.29. The molecule has 1 amide bonds. The molecule has 0 aliphatic carbocycles. The van der Waals surface area contributed by atoms with Crippen LogP contribution in [-0.4, -0.2) is 66.5 Å². The normalized spacial score (nSPS) is 20.2. The van der Waals surface area contributed by atoms with Gasteiger partial charge in [-0.1, -0.05) is 0 Å². The highest BCUT2D eigenvalue weighted by atomic mass is 16.5. The van der Waals surface area contributed by atoms with E-state index >= 15 is 0 Å². The predicted molar refractivity (Wildman–Crippen MR) is 96.4 cm³/mol. The highest BCUT2D eigenvalue weighted by Gasteiger charge is 2.28. The van der Waals surface area contributed by atoms with Crippen molar-refractivity contribution < 1.29 is 14.3 Å². The standard InChI is InChI=1S/C19H22N4O3/c24-19(15-3-5-16(6-4-15)22-10-12-25-13-11-22)23-9-7-17(14-23)26-18-2-1-8-20-21-18/h1-6,8,17H,7,9-14H2/t17-/m1/s1. The lowest BCUT2D eigenvalue weighted by Crippen LogP contribution is -2.36. The van der Waals surface area contributed by atoms with E-state index in [1.165, 1.54) is 0 Å². The summed E-state index contributed by atoms with van der Waals surface area (Å²) in [5, 5.41) is 7.74. The molecule has 0 N–H and O–H groups in total. The van der Waals surface area contributed by atoms with Crippen LogP contribution in [0.5, 0.6) is 5.88 Å². The predicted octanol–water partition coefficient (Wildman–Crippen LogP) is 1.61. The molecule has 2 aromatic rings. The van der Waals surface area contributed by atoms with Crippen LogP contribution in [-0.2, 0) is 4.74 Å². The van der Waals surface area contributed by atoms with E-state index in [2.05, 4.69) is 15.1 Å². The van der Waals surface area contributed by atoms with E-state index in [0.717, 1.165) is 38.4 Å². The zero-order valence-electron chi connectivity index (χ0n) is 14.6. The number of likely N-dealkylation sites (tertiary alicyclic amines) is 1. The molecule has 2 aliphatic heterocycles. The van der Waals surface area contributed by atoms with Crippen molar-refractivity contribution in [2.45, 2.75) is 12.5 Å². The smallest absolute Gasteiger partial charge is 0.253 e. The molecule has 0 spiro atoms. The minimum Gasteiger partial charge on any atom is -0.471 e. The second-order valence-corrected chi connectivity index (χ2v) is 6.49. The molecular formula is C19H22N4O3. The number of hydrogen-bond donors (Lipinski definition) is 0. The van der Waals surface area contributed by atoms with Gasteiger partial charge in [-0.3, -0.25) is 4.79 Å². The van der Waals surface area contributed by atoms with Crippen LogP contribution >= 0.6 is 0 Å². The maximum atomic E-state index is 12.7. The number of rotatable bonds is 4. The first-order chi connectivity index (χ1) is 12.8. The van der Waals surface area contributed by atoms with Crippen molar-refractivity contribution in [2.75, 3.05) is 44.3 Å². The SMILES string of the molecule is O=C(c1ccc(N2CCOCC2)cc1)N1CC[C@@H](Oc2cccnn2)C1. The average Bonchev–Trinajstić information content (AvgIpc) is 3.17. The summed E-state index contributed by atoms with van der Waals surface area (Å²) in [4.78, 5) is 16.9. The summed E-state index contributed by atoms with van der Waals surface area (Å²) >= 11 is 0. The molecule has 0 bridgehead atoms. The highest BCUT2D eigenvalue weighted by molar-refractivity contribution is 5.94. The summed E-state index contributed by atoms with van der Waals surface area (Å²) in [6.07, 6.45) is 2.37. The Labute approximate surface area is 152 Å². The van der Waals surface area contributed by atoms with Crippen LogP contribution in [0.4, 0.5) is 5.69 Å².